The molecule has 1 aromatic carbocycles. The number of carboxylic acid groups (broad SMARTS) is 1. The molecule has 0 bridgehead atoms. The number of nitrogens with zero attached hydrogens (tertiary/aromatic N) is 3. The summed E-state index contributed by atoms with van der Waals surface area (Å²) < 4.78 is -0.708. The first-order valence-corrected chi connectivity index (χ1v) is 9.57. The first-order valence-electron chi connectivity index (χ1n) is 8.69. The zero-order valence-electron chi connectivity index (χ0n) is 16.7. The third-order valence-electron chi connectivity index (χ3n) is 4.91. The van der Waals surface area contributed by atoms with Gasteiger partial charge >= 0.3 is 29.6 Å². The van der Waals surface area contributed by atoms with Crippen LogP contribution in [-0.4, -0.2) is 60.3 Å². The molecule has 11 heteroatoms. The van der Waals surface area contributed by atoms with E-state index in [0.29, 0.717) is 5.69 Å². The van der Waals surface area contributed by atoms with Gasteiger partial charge in [-0.25, -0.2) is 4.98 Å². The van der Waals surface area contributed by atoms with Gasteiger partial charge in [0.1, 0.15) is 17.1 Å². The maximum absolute atomic E-state index is 12.8. The Morgan fingerprint density at radius 1 is 1.17 bits per heavy atom. The summed E-state index contributed by atoms with van der Waals surface area (Å²) in [5.41, 5.74) is 1.26. The van der Waals surface area contributed by atoms with Crippen molar-refractivity contribution < 1.29 is 54.5 Å². The molecular weight excluding hydrogens is 419 g/mol. The number of hydrogen-bond acceptors (Lipinski definition) is 7. The van der Waals surface area contributed by atoms with Crippen LogP contribution in [0.15, 0.2) is 42.7 Å². The number of thioether (sulfide) groups is 1. The Balaban J connectivity index is 0.00000160. The van der Waals surface area contributed by atoms with E-state index in [4.69, 9.17) is 0 Å². The van der Waals surface area contributed by atoms with Crippen LogP contribution in [0.4, 0.5) is 0 Å². The van der Waals surface area contributed by atoms with Gasteiger partial charge in [-0.3, -0.25) is 14.6 Å². The van der Waals surface area contributed by atoms with E-state index in [9.17, 15) is 19.5 Å². The molecule has 3 atom stereocenters. The van der Waals surface area contributed by atoms with E-state index >= 15 is 0 Å². The van der Waals surface area contributed by atoms with E-state index in [-0.39, 0.29) is 40.7 Å². The van der Waals surface area contributed by atoms with Crippen LogP contribution >= 0.6 is 11.8 Å². The average Bonchev–Trinajstić information content (AvgIpc) is 2.94. The summed E-state index contributed by atoms with van der Waals surface area (Å²) in [6.45, 7) is 3.50. The first kappa shape index (κ1) is 24.3. The summed E-state index contributed by atoms with van der Waals surface area (Å²) in [5.74, 6) is -2.26. The second-order valence-electron chi connectivity index (χ2n) is 7.15. The van der Waals surface area contributed by atoms with Crippen molar-refractivity contribution >= 4 is 29.5 Å². The molecule has 30 heavy (non-hydrogen) atoms. The predicted octanol–water partition coefficient (Wildman–Crippen LogP) is -3.77. The van der Waals surface area contributed by atoms with Crippen molar-refractivity contribution in [1.29, 1.82) is 0 Å². The Morgan fingerprint density at radius 3 is 2.43 bits per heavy atom. The van der Waals surface area contributed by atoms with Gasteiger partial charge in [0.2, 0.25) is 5.91 Å². The fourth-order valence-electron chi connectivity index (χ4n) is 3.65. The second-order valence-corrected chi connectivity index (χ2v) is 8.92. The number of aromatic nitrogens is 2. The van der Waals surface area contributed by atoms with Gasteiger partial charge < -0.3 is 25.6 Å². The first-order chi connectivity index (χ1) is 13.3. The molecule has 3 heterocycles. The minimum atomic E-state index is -1.29. The number of fused-ring (bicyclic) bond motifs is 1. The fourth-order valence-corrected chi connectivity index (χ4v) is 5.27. The molecule has 2 fully saturated rings. The molecule has 9 nitrogen and oxygen atoms in total. The number of benzene rings is 1. The van der Waals surface area contributed by atoms with Gasteiger partial charge in [-0.05, 0) is 13.8 Å². The number of rotatable bonds is 4. The standard InChI is InChI=1S/C19H18N4O4S.Na.H2O/c1-19(2)14(18(26)27)23-16(25)13(17(23)28-19)22-15(24)12-11(20-8-9-21-12)10-6-4-3-5-7-10;;/h3-9,13-14,17H,1-2H3,(H,22,24)(H,26,27);;1H2/q;+1;/p-1/t13-,14+,17-;;/m1../s1. The number of nitrogens with one attached hydrogen (secondary N) is 1. The third kappa shape index (κ3) is 3.97. The summed E-state index contributed by atoms with van der Waals surface area (Å²) in [5, 5.41) is 13.7. The normalized spacial score (nSPS) is 23.3. The maximum atomic E-state index is 12.8. The molecular formula is C19H19N4NaO5S. The van der Waals surface area contributed by atoms with Gasteiger partial charge in [-0.2, -0.15) is 0 Å². The molecule has 4 rings (SSSR count). The Kier molecular flexibility index (Phi) is 7.31. The number of β-lactam (4-membered cyclic amide) rings is 1. The maximum Gasteiger partial charge on any atom is 1.00 e. The SMILES string of the molecule is CC1(C)S[C@@H]2[C@H](NC(=O)c3nccnc3-c3ccccc3)C(=O)N2[C@H]1C(=O)[O-].O.[Na+]. The van der Waals surface area contributed by atoms with Gasteiger partial charge in [0, 0.05) is 22.7 Å². The summed E-state index contributed by atoms with van der Waals surface area (Å²) in [6.07, 6.45) is 2.91. The summed E-state index contributed by atoms with van der Waals surface area (Å²) in [7, 11) is 0. The molecule has 0 spiro atoms. The van der Waals surface area contributed by atoms with E-state index in [1.54, 1.807) is 13.8 Å². The molecule has 152 valence electrons. The van der Waals surface area contributed by atoms with Crippen LogP contribution < -0.4 is 40.0 Å². The van der Waals surface area contributed by atoms with Crippen LogP contribution in [0.1, 0.15) is 24.3 Å². The van der Waals surface area contributed by atoms with Crippen molar-refractivity contribution in [1.82, 2.24) is 20.2 Å². The molecule has 2 aromatic rings. The van der Waals surface area contributed by atoms with Gasteiger partial charge in [0.25, 0.3) is 5.91 Å². The number of carboxylic acids is 1. The van der Waals surface area contributed by atoms with Crippen molar-refractivity contribution in [2.24, 2.45) is 0 Å². The largest absolute Gasteiger partial charge is 1.00 e. The van der Waals surface area contributed by atoms with E-state index in [1.807, 2.05) is 30.3 Å². The van der Waals surface area contributed by atoms with Crippen LogP contribution in [0, 0.1) is 0 Å². The fraction of sp³-hybridized carbons (Fsp3) is 0.316. The molecule has 0 radical (unpaired) electrons. The van der Waals surface area contributed by atoms with Crippen LogP contribution in [0.2, 0.25) is 0 Å². The Bertz CT molecular complexity index is 974. The van der Waals surface area contributed by atoms with Gasteiger partial charge in [-0.1, -0.05) is 30.3 Å². The Hall–Kier alpha value is -1.98. The molecule has 0 saturated carbocycles. The molecule has 3 N–H and O–H groups in total. The summed E-state index contributed by atoms with van der Waals surface area (Å²) in [6, 6.07) is 7.31. The predicted molar refractivity (Wildman–Crippen MR) is 103 cm³/mol. The number of carbonyl (C=O) groups is 3. The van der Waals surface area contributed by atoms with E-state index < -0.39 is 40.0 Å². The summed E-state index contributed by atoms with van der Waals surface area (Å²) >= 11 is 1.34. The number of amides is 2. The Morgan fingerprint density at radius 2 is 1.80 bits per heavy atom. The van der Waals surface area contributed by atoms with Crippen LogP contribution in [-0.2, 0) is 9.59 Å². The van der Waals surface area contributed by atoms with Crippen molar-refractivity contribution in [3.63, 3.8) is 0 Å². The zero-order chi connectivity index (χ0) is 20.1. The van der Waals surface area contributed by atoms with Crippen molar-refractivity contribution in [3.8, 4) is 11.3 Å². The quantitative estimate of drug-likeness (QED) is 0.381. The zero-order valence-corrected chi connectivity index (χ0v) is 19.5. The monoisotopic (exact) mass is 438 g/mol. The molecule has 0 aliphatic carbocycles. The van der Waals surface area contributed by atoms with Crippen LogP contribution in [0.3, 0.4) is 0 Å². The smallest absolute Gasteiger partial charge is 0.548 e. The number of aliphatic carboxylic acids is 1. The second kappa shape index (κ2) is 9.03. The van der Waals surface area contributed by atoms with Crippen molar-refractivity contribution in [3.05, 3.63) is 48.4 Å². The number of carbonyl (C=O) groups excluding carboxylic acids is 3. The van der Waals surface area contributed by atoms with E-state index in [0.717, 1.165) is 5.56 Å². The Labute approximate surface area is 199 Å². The van der Waals surface area contributed by atoms with Gasteiger partial charge in [0.15, 0.2) is 5.69 Å². The van der Waals surface area contributed by atoms with E-state index in [1.165, 1.54) is 29.1 Å². The van der Waals surface area contributed by atoms with Crippen molar-refractivity contribution in [2.45, 2.75) is 36.1 Å². The van der Waals surface area contributed by atoms with Gasteiger partial charge in [-0.15, -0.1) is 11.8 Å². The summed E-state index contributed by atoms with van der Waals surface area (Å²) in [4.78, 5) is 46.5. The average molecular weight is 438 g/mol. The molecule has 1 aromatic heterocycles. The molecule has 2 aliphatic heterocycles. The minimum absolute atomic E-state index is 0. The molecule has 2 amide bonds. The van der Waals surface area contributed by atoms with Crippen molar-refractivity contribution in [2.75, 3.05) is 0 Å². The topological polar surface area (TPSA) is 147 Å². The minimum Gasteiger partial charge on any atom is -0.548 e. The van der Waals surface area contributed by atoms with Crippen LogP contribution in [0.5, 0.6) is 0 Å². The van der Waals surface area contributed by atoms with Gasteiger partial charge in [0.05, 0.1) is 12.0 Å². The molecule has 2 saturated heterocycles. The third-order valence-corrected chi connectivity index (χ3v) is 6.48. The molecule has 0 unspecified atom stereocenters. The molecule has 2 aliphatic rings. The van der Waals surface area contributed by atoms with Crippen LogP contribution in [0.25, 0.3) is 11.3 Å². The van der Waals surface area contributed by atoms with E-state index in [2.05, 4.69) is 15.3 Å². The number of hydrogen-bond donors (Lipinski definition) is 1.